The molecule has 0 amide bonds. The van der Waals surface area contributed by atoms with Crippen molar-refractivity contribution in [2.24, 2.45) is 0 Å². The van der Waals surface area contributed by atoms with E-state index in [0.29, 0.717) is 0 Å². The minimum absolute atomic E-state index is 1.17. The largest absolute Gasteiger partial charge is 0.314 e. The van der Waals surface area contributed by atoms with Crippen LogP contribution in [0.25, 0.3) is 0 Å². The van der Waals surface area contributed by atoms with Crippen LogP contribution in [0.3, 0.4) is 0 Å². The highest BCUT2D eigenvalue weighted by Gasteiger charge is 2.13. The maximum atomic E-state index is 3.40. The van der Waals surface area contributed by atoms with Crippen LogP contribution in [0.1, 0.15) is 13.3 Å². The van der Waals surface area contributed by atoms with Gasteiger partial charge in [0.1, 0.15) is 0 Å². The Hall–Kier alpha value is -0.380. The van der Waals surface area contributed by atoms with Gasteiger partial charge in [0.15, 0.2) is 0 Å². The molecular formula is C12H23N3. The second kappa shape index (κ2) is 5.64. The summed E-state index contributed by atoms with van der Waals surface area (Å²) in [7, 11) is 0. The zero-order valence-corrected chi connectivity index (χ0v) is 9.84. The van der Waals surface area contributed by atoms with Crippen LogP contribution in [0, 0.1) is 0 Å². The van der Waals surface area contributed by atoms with Crippen LogP contribution in [0.5, 0.6) is 0 Å². The van der Waals surface area contributed by atoms with Crippen molar-refractivity contribution in [1.29, 1.82) is 0 Å². The molecule has 0 radical (unpaired) electrons. The summed E-state index contributed by atoms with van der Waals surface area (Å²) in [6, 6.07) is 0. The zero-order valence-electron chi connectivity index (χ0n) is 9.84. The fourth-order valence-electron chi connectivity index (χ4n) is 2.40. The molecule has 2 heterocycles. The molecule has 0 saturated carbocycles. The van der Waals surface area contributed by atoms with Gasteiger partial charge < -0.3 is 5.32 Å². The number of nitrogens with zero attached hydrogens (tertiary/aromatic N) is 2. The number of hydrogen-bond acceptors (Lipinski definition) is 3. The highest BCUT2D eigenvalue weighted by molar-refractivity contribution is 5.04. The summed E-state index contributed by atoms with van der Waals surface area (Å²) in [4.78, 5) is 5.15. The number of rotatable bonds is 3. The van der Waals surface area contributed by atoms with Crippen molar-refractivity contribution >= 4 is 0 Å². The lowest BCUT2D eigenvalue weighted by atomic mass is 10.1. The predicted molar refractivity (Wildman–Crippen MR) is 64.1 cm³/mol. The van der Waals surface area contributed by atoms with E-state index in [9.17, 15) is 0 Å². The average Bonchev–Trinajstić information content (AvgIpc) is 2.28. The van der Waals surface area contributed by atoms with Crippen molar-refractivity contribution in [1.82, 2.24) is 15.1 Å². The zero-order chi connectivity index (χ0) is 10.5. The van der Waals surface area contributed by atoms with Crippen LogP contribution < -0.4 is 5.32 Å². The van der Waals surface area contributed by atoms with Crippen LogP contribution in [-0.2, 0) is 0 Å². The third-order valence-electron chi connectivity index (χ3n) is 3.35. The third kappa shape index (κ3) is 3.59. The summed E-state index contributed by atoms with van der Waals surface area (Å²) in [6.45, 7) is 12.0. The molecule has 0 aromatic carbocycles. The predicted octanol–water partition coefficient (Wildman–Crippen LogP) is 0.544. The minimum Gasteiger partial charge on any atom is -0.314 e. The topological polar surface area (TPSA) is 18.5 Å². The van der Waals surface area contributed by atoms with E-state index >= 15 is 0 Å². The highest BCUT2D eigenvalue weighted by atomic mass is 15.2. The quantitative estimate of drug-likeness (QED) is 0.685. The highest BCUT2D eigenvalue weighted by Crippen LogP contribution is 2.08. The molecule has 3 nitrogen and oxygen atoms in total. The molecule has 0 spiro atoms. The molecule has 2 aliphatic heterocycles. The van der Waals surface area contributed by atoms with Crippen molar-refractivity contribution in [3.8, 4) is 0 Å². The first-order valence-corrected chi connectivity index (χ1v) is 6.15. The first-order valence-electron chi connectivity index (χ1n) is 6.15. The SMILES string of the molecule is CC1=CCCN(CCN2CCNCC2)C1. The number of hydrogen-bond donors (Lipinski definition) is 1. The Balaban J connectivity index is 1.66. The smallest absolute Gasteiger partial charge is 0.0190 e. The van der Waals surface area contributed by atoms with Crippen LogP contribution >= 0.6 is 0 Å². The Labute approximate surface area is 93.1 Å². The Bertz CT molecular complexity index is 219. The molecule has 15 heavy (non-hydrogen) atoms. The van der Waals surface area contributed by atoms with Gasteiger partial charge in [-0.15, -0.1) is 0 Å². The van der Waals surface area contributed by atoms with Crippen molar-refractivity contribution in [3.63, 3.8) is 0 Å². The standard InChI is InChI=1S/C12H23N3/c1-12-3-2-6-15(11-12)10-9-14-7-4-13-5-8-14/h3,13H,2,4-11H2,1H3. The lowest BCUT2D eigenvalue weighted by molar-refractivity contribution is 0.193. The molecule has 3 heteroatoms. The van der Waals surface area contributed by atoms with Crippen molar-refractivity contribution in [2.75, 3.05) is 52.4 Å². The molecule has 0 atom stereocenters. The van der Waals surface area contributed by atoms with Gasteiger partial charge in [0, 0.05) is 52.4 Å². The molecule has 0 aliphatic carbocycles. The molecule has 86 valence electrons. The summed E-state index contributed by atoms with van der Waals surface area (Å²) in [5.74, 6) is 0. The van der Waals surface area contributed by atoms with Crippen LogP contribution in [0.15, 0.2) is 11.6 Å². The summed E-state index contributed by atoms with van der Waals surface area (Å²) >= 11 is 0. The van der Waals surface area contributed by atoms with E-state index in [0.717, 1.165) is 0 Å². The van der Waals surface area contributed by atoms with Crippen molar-refractivity contribution < 1.29 is 0 Å². The van der Waals surface area contributed by atoms with Gasteiger partial charge in [-0.1, -0.05) is 11.6 Å². The van der Waals surface area contributed by atoms with Gasteiger partial charge in [0.2, 0.25) is 0 Å². The summed E-state index contributed by atoms with van der Waals surface area (Å²) in [6.07, 6.45) is 3.62. The summed E-state index contributed by atoms with van der Waals surface area (Å²) in [5.41, 5.74) is 1.54. The summed E-state index contributed by atoms with van der Waals surface area (Å²) in [5, 5.41) is 3.40. The first kappa shape index (κ1) is 11.1. The molecule has 0 aromatic heterocycles. The lowest BCUT2D eigenvalue weighted by Crippen LogP contribution is -2.46. The van der Waals surface area contributed by atoms with Gasteiger partial charge in [0.25, 0.3) is 0 Å². The van der Waals surface area contributed by atoms with Gasteiger partial charge in [-0.25, -0.2) is 0 Å². The fraction of sp³-hybridized carbons (Fsp3) is 0.833. The second-order valence-corrected chi connectivity index (χ2v) is 4.71. The van der Waals surface area contributed by atoms with Gasteiger partial charge in [-0.3, -0.25) is 9.80 Å². The summed E-state index contributed by atoms with van der Waals surface area (Å²) < 4.78 is 0. The molecule has 0 aromatic rings. The van der Waals surface area contributed by atoms with E-state index in [4.69, 9.17) is 0 Å². The molecular weight excluding hydrogens is 186 g/mol. The number of nitrogens with one attached hydrogen (secondary N) is 1. The monoisotopic (exact) mass is 209 g/mol. The van der Waals surface area contributed by atoms with E-state index in [1.54, 1.807) is 5.57 Å². The maximum Gasteiger partial charge on any atom is 0.0190 e. The van der Waals surface area contributed by atoms with E-state index in [1.807, 2.05) is 0 Å². The molecule has 1 N–H and O–H groups in total. The van der Waals surface area contributed by atoms with E-state index < -0.39 is 0 Å². The Morgan fingerprint density at radius 2 is 1.87 bits per heavy atom. The molecule has 1 saturated heterocycles. The lowest BCUT2D eigenvalue weighted by Gasteiger charge is -2.31. The van der Waals surface area contributed by atoms with E-state index in [2.05, 4.69) is 28.1 Å². The Morgan fingerprint density at radius 3 is 2.60 bits per heavy atom. The third-order valence-corrected chi connectivity index (χ3v) is 3.35. The van der Waals surface area contributed by atoms with Gasteiger partial charge in [0.05, 0.1) is 0 Å². The van der Waals surface area contributed by atoms with Gasteiger partial charge in [-0.2, -0.15) is 0 Å². The van der Waals surface area contributed by atoms with E-state index in [1.165, 1.54) is 58.8 Å². The average molecular weight is 209 g/mol. The molecule has 1 fully saturated rings. The molecule has 0 unspecified atom stereocenters. The van der Waals surface area contributed by atoms with Crippen LogP contribution in [0.2, 0.25) is 0 Å². The second-order valence-electron chi connectivity index (χ2n) is 4.71. The Morgan fingerprint density at radius 1 is 1.13 bits per heavy atom. The van der Waals surface area contributed by atoms with Gasteiger partial charge >= 0.3 is 0 Å². The van der Waals surface area contributed by atoms with Gasteiger partial charge in [-0.05, 0) is 13.3 Å². The fourth-order valence-corrected chi connectivity index (χ4v) is 2.40. The van der Waals surface area contributed by atoms with Crippen molar-refractivity contribution in [3.05, 3.63) is 11.6 Å². The van der Waals surface area contributed by atoms with Crippen LogP contribution in [0.4, 0.5) is 0 Å². The maximum absolute atomic E-state index is 3.40. The first-order chi connectivity index (χ1) is 7.34. The Kier molecular flexibility index (Phi) is 4.18. The molecule has 2 aliphatic rings. The van der Waals surface area contributed by atoms with E-state index in [-0.39, 0.29) is 0 Å². The normalized spacial score (nSPS) is 25.3. The molecule has 0 bridgehead atoms. The van der Waals surface area contributed by atoms with Crippen molar-refractivity contribution in [2.45, 2.75) is 13.3 Å². The van der Waals surface area contributed by atoms with Crippen LogP contribution in [-0.4, -0.2) is 62.2 Å². The molecule has 2 rings (SSSR count). The minimum atomic E-state index is 1.17. The number of piperazine rings is 1.